The average molecular weight is 347 g/mol. The van der Waals surface area contributed by atoms with Gasteiger partial charge < -0.3 is 10.0 Å². The fourth-order valence-corrected chi connectivity index (χ4v) is 4.85. The highest BCUT2D eigenvalue weighted by Crippen LogP contribution is 2.30. The number of nitrogens with zero attached hydrogens (tertiary/aromatic N) is 4. The van der Waals surface area contributed by atoms with Crippen molar-refractivity contribution in [2.75, 3.05) is 30.5 Å². The Morgan fingerprint density at radius 1 is 1.36 bits per heavy atom. The molecule has 0 aliphatic carbocycles. The Bertz CT molecular complexity index is 698. The van der Waals surface area contributed by atoms with Crippen LogP contribution in [-0.2, 0) is 10.2 Å². The van der Waals surface area contributed by atoms with Gasteiger partial charge in [0, 0.05) is 38.4 Å². The molecule has 2 fully saturated rings. The number of carbonyl (C=O) groups is 1. The van der Waals surface area contributed by atoms with Gasteiger partial charge in [-0.1, -0.05) is 11.6 Å². The van der Waals surface area contributed by atoms with Crippen LogP contribution in [0.2, 0.25) is 5.15 Å². The number of rotatable bonds is 2. The number of hydrogen-bond acceptors (Lipinski definition) is 4. The predicted octanol–water partition coefficient (Wildman–Crippen LogP) is 0.854. The maximum Gasteiger partial charge on any atom is 0.407 e. The number of aromatic nitrogens is 1. The Labute approximate surface area is 133 Å². The van der Waals surface area contributed by atoms with Gasteiger partial charge in [0.1, 0.15) is 5.15 Å². The van der Waals surface area contributed by atoms with E-state index in [1.165, 1.54) is 25.8 Å². The highest BCUT2D eigenvalue weighted by Gasteiger charge is 2.43. The molecule has 22 heavy (non-hydrogen) atoms. The first kappa shape index (κ1) is 15.3. The van der Waals surface area contributed by atoms with E-state index in [2.05, 4.69) is 4.98 Å². The quantitative estimate of drug-likeness (QED) is 0.801. The van der Waals surface area contributed by atoms with Crippen LogP contribution in [-0.4, -0.2) is 66.0 Å². The summed E-state index contributed by atoms with van der Waals surface area (Å²) in [6.07, 6.45) is 0.950. The van der Waals surface area contributed by atoms with Crippen LogP contribution in [0.25, 0.3) is 0 Å². The Morgan fingerprint density at radius 2 is 2.14 bits per heavy atom. The maximum absolute atomic E-state index is 12.7. The number of anilines is 1. The molecule has 0 unspecified atom stereocenters. The van der Waals surface area contributed by atoms with Gasteiger partial charge in [-0.15, -0.1) is 0 Å². The standard InChI is InChI=1S/C12H15ClN4O4S/c13-11-7-9(1-3-14-11)16-5-6-17(22(16,20)21)10-2-4-15(8-10)12(18)19/h1,3,7,10H,2,4-6,8H2,(H,18,19)/t10-/m1/s1. The zero-order chi connectivity index (χ0) is 15.9. The molecular formula is C12H15ClN4O4S. The van der Waals surface area contributed by atoms with Crippen LogP contribution in [0.5, 0.6) is 0 Å². The number of halogens is 1. The molecule has 1 aromatic rings. The van der Waals surface area contributed by atoms with E-state index in [9.17, 15) is 13.2 Å². The third-order valence-electron chi connectivity index (χ3n) is 3.94. The van der Waals surface area contributed by atoms with Crippen molar-refractivity contribution in [3.8, 4) is 0 Å². The minimum Gasteiger partial charge on any atom is -0.465 e. The van der Waals surface area contributed by atoms with Gasteiger partial charge in [0.05, 0.1) is 5.69 Å². The van der Waals surface area contributed by atoms with Crippen molar-refractivity contribution >= 4 is 33.6 Å². The third kappa shape index (κ3) is 2.59. The van der Waals surface area contributed by atoms with Crippen molar-refractivity contribution in [3.63, 3.8) is 0 Å². The highest BCUT2D eigenvalue weighted by atomic mass is 35.5. The largest absolute Gasteiger partial charge is 0.465 e. The Hall–Kier alpha value is -1.58. The van der Waals surface area contributed by atoms with E-state index < -0.39 is 16.3 Å². The van der Waals surface area contributed by atoms with Crippen LogP contribution < -0.4 is 4.31 Å². The molecule has 0 aromatic carbocycles. The summed E-state index contributed by atoms with van der Waals surface area (Å²) in [4.78, 5) is 16.1. The molecule has 2 saturated heterocycles. The van der Waals surface area contributed by atoms with Crippen molar-refractivity contribution in [2.24, 2.45) is 0 Å². The summed E-state index contributed by atoms with van der Waals surface area (Å²) in [7, 11) is -3.67. The van der Waals surface area contributed by atoms with E-state index in [-0.39, 0.29) is 17.7 Å². The lowest BCUT2D eigenvalue weighted by molar-refractivity contribution is 0.153. The molecule has 120 valence electrons. The molecule has 0 saturated carbocycles. The minimum absolute atomic E-state index is 0.208. The van der Waals surface area contributed by atoms with Crippen LogP contribution >= 0.6 is 11.6 Å². The van der Waals surface area contributed by atoms with Crippen molar-refractivity contribution in [1.82, 2.24) is 14.2 Å². The summed E-state index contributed by atoms with van der Waals surface area (Å²) in [5.74, 6) is 0. The number of pyridine rings is 1. The van der Waals surface area contributed by atoms with Gasteiger partial charge >= 0.3 is 16.3 Å². The van der Waals surface area contributed by atoms with Crippen LogP contribution in [0, 0.1) is 0 Å². The van der Waals surface area contributed by atoms with E-state index in [1.807, 2.05) is 0 Å². The molecule has 3 heterocycles. The topological polar surface area (TPSA) is 94.1 Å². The molecule has 1 N–H and O–H groups in total. The summed E-state index contributed by atoms with van der Waals surface area (Å²) in [6, 6.07) is 2.77. The Balaban J connectivity index is 1.81. The highest BCUT2D eigenvalue weighted by molar-refractivity contribution is 7.90. The lowest BCUT2D eigenvalue weighted by atomic mass is 10.2. The minimum atomic E-state index is -3.67. The molecule has 10 heteroatoms. The van der Waals surface area contributed by atoms with E-state index in [0.29, 0.717) is 31.7 Å². The van der Waals surface area contributed by atoms with Gasteiger partial charge in [0.15, 0.2) is 0 Å². The molecular weight excluding hydrogens is 332 g/mol. The van der Waals surface area contributed by atoms with Crippen LogP contribution in [0.15, 0.2) is 18.3 Å². The molecule has 8 nitrogen and oxygen atoms in total. The van der Waals surface area contributed by atoms with Gasteiger partial charge in [-0.25, -0.2) is 9.78 Å². The zero-order valence-corrected chi connectivity index (χ0v) is 13.2. The lowest BCUT2D eigenvalue weighted by Gasteiger charge is -2.24. The number of likely N-dealkylation sites (tertiary alicyclic amines) is 1. The second-order valence-electron chi connectivity index (χ2n) is 5.20. The summed E-state index contributed by atoms with van der Waals surface area (Å²) in [6.45, 7) is 1.21. The predicted molar refractivity (Wildman–Crippen MR) is 80.2 cm³/mol. The molecule has 3 rings (SSSR count). The molecule has 0 radical (unpaired) electrons. The molecule has 0 spiro atoms. The molecule has 2 aliphatic heterocycles. The smallest absolute Gasteiger partial charge is 0.407 e. The SMILES string of the molecule is O=C(O)N1CC[C@@H](N2CCN(c3ccnc(Cl)c3)S2(=O)=O)C1. The number of hydrogen-bond donors (Lipinski definition) is 1. The maximum atomic E-state index is 12.7. The van der Waals surface area contributed by atoms with Gasteiger partial charge in [-0.05, 0) is 18.6 Å². The van der Waals surface area contributed by atoms with Gasteiger partial charge in [-0.2, -0.15) is 12.7 Å². The van der Waals surface area contributed by atoms with E-state index in [4.69, 9.17) is 16.7 Å². The normalized spacial score (nSPS) is 24.9. The van der Waals surface area contributed by atoms with Crippen LogP contribution in [0.3, 0.4) is 0 Å². The summed E-state index contributed by atoms with van der Waals surface area (Å²) in [5, 5.41) is 9.22. The first-order valence-electron chi connectivity index (χ1n) is 6.78. The van der Waals surface area contributed by atoms with E-state index in [1.54, 1.807) is 6.07 Å². The lowest BCUT2D eigenvalue weighted by Crippen LogP contribution is -2.42. The third-order valence-corrected chi connectivity index (χ3v) is 6.17. The van der Waals surface area contributed by atoms with Crippen molar-refractivity contribution in [2.45, 2.75) is 12.5 Å². The van der Waals surface area contributed by atoms with Gasteiger partial charge in [0.2, 0.25) is 0 Å². The monoisotopic (exact) mass is 346 g/mol. The summed E-state index contributed by atoms with van der Waals surface area (Å²) in [5.41, 5.74) is 0.468. The Kier molecular flexibility index (Phi) is 3.87. The van der Waals surface area contributed by atoms with Crippen molar-refractivity contribution in [3.05, 3.63) is 23.5 Å². The van der Waals surface area contributed by atoms with Gasteiger partial charge in [-0.3, -0.25) is 4.31 Å². The molecule has 1 amide bonds. The molecule has 1 atom stereocenters. The molecule has 0 bridgehead atoms. The number of amides is 1. The zero-order valence-electron chi connectivity index (χ0n) is 11.6. The van der Waals surface area contributed by atoms with Crippen molar-refractivity contribution in [1.29, 1.82) is 0 Å². The first-order valence-corrected chi connectivity index (χ1v) is 8.56. The van der Waals surface area contributed by atoms with Crippen molar-refractivity contribution < 1.29 is 18.3 Å². The first-order chi connectivity index (χ1) is 10.4. The summed E-state index contributed by atoms with van der Waals surface area (Å²) >= 11 is 5.82. The van der Waals surface area contributed by atoms with E-state index >= 15 is 0 Å². The van der Waals surface area contributed by atoms with E-state index in [0.717, 1.165) is 0 Å². The second kappa shape index (κ2) is 5.56. The molecule has 2 aliphatic rings. The average Bonchev–Trinajstić information content (AvgIpc) is 3.02. The fourth-order valence-electron chi connectivity index (χ4n) is 2.88. The summed E-state index contributed by atoms with van der Waals surface area (Å²) < 4.78 is 28.0. The van der Waals surface area contributed by atoms with Crippen LogP contribution in [0.4, 0.5) is 10.5 Å². The van der Waals surface area contributed by atoms with Crippen LogP contribution in [0.1, 0.15) is 6.42 Å². The number of carboxylic acid groups (broad SMARTS) is 1. The van der Waals surface area contributed by atoms with Gasteiger partial charge in [0.25, 0.3) is 0 Å². The molecule has 1 aromatic heterocycles. The second-order valence-corrected chi connectivity index (χ2v) is 7.39. The fraction of sp³-hybridized carbons (Fsp3) is 0.500. The Morgan fingerprint density at radius 3 is 2.77 bits per heavy atom.